The number of carbonyl (C=O) groups is 2. The van der Waals surface area contributed by atoms with Crippen molar-refractivity contribution in [2.24, 2.45) is 11.5 Å². The molecule has 0 saturated heterocycles. The van der Waals surface area contributed by atoms with E-state index in [1.165, 1.54) is 0 Å². The van der Waals surface area contributed by atoms with Gasteiger partial charge >= 0.3 is 12.1 Å². The Bertz CT molecular complexity index is 1130. The Balaban J connectivity index is 0.000000383. The number of nitrogens with two attached hydrogens (primary N) is 2. The highest BCUT2D eigenvalue weighted by Crippen LogP contribution is 2.33. The number of nitrogens with one attached hydrogen (secondary N) is 1. The van der Waals surface area contributed by atoms with Gasteiger partial charge in [0.1, 0.15) is 17.1 Å². The summed E-state index contributed by atoms with van der Waals surface area (Å²) in [5.74, 6) is -2.63. The summed E-state index contributed by atoms with van der Waals surface area (Å²) in [4.78, 5) is 21.0. The Morgan fingerprint density at radius 1 is 1.24 bits per heavy atom. The van der Waals surface area contributed by atoms with E-state index in [1.54, 1.807) is 10.9 Å². The number of carboxylic acid groups (broad SMARTS) is 1. The molecule has 0 fully saturated rings. The molecular formula is C20H22F3N7O3. The molecule has 2 aromatic heterocycles. The Morgan fingerprint density at radius 3 is 2.48 bits per heavy atom. The monoisotopic (exact) mass is 465 g/mol. The molecule has 0 radical (unpaired) electrons. The number of carbonyl (C=O) groups excluding carboxylic acids is 1. The summed E-state index contributed by atoms with van der Waals surface area (Å²) in [6.45, 7) is 1.84. The first-order valence-corrected chi connectivity index (χ1v) is 9.85. The highest BCUT2D eigenvalue weighted by molar-refractivity contribution is 6.03. The molecule has 176 valence electrons. The number of aliphatic carboxylic acids is 1. The summed E-state index contributed by atoms with van der Waals surface area (Å²) in [6.07, 6.45) is -0.636. The molecule has 10 nitrogen and oxygen atoms in total. The smallest absolute Gasteiger partial charge is 0.475 e. The van der Waals surface area contributed by atoms with Crippen LogP contribution < -0.4 is 16.8 Å². The van der Waals surface area contributed by atoms with Crippen molar-refractivity contribution in [2.45, 2.75) is 25.2 Å². The summed E-state index contributed by atoms with van der Waals surface area (Å²) in [5.41, 5.74) is 14.3. The van der Waals surface area contributed by atoms with Crippen molar-refractivity contribution in [3.05, 3.63) is 53.9 Å². The summed E-state index contributed by atoms with van der Waals surface area (Å²) in [7, 11) is 0. The van der Waals surface area contributed by atoms with E-state index >= 15 is 0 Å². The molecule has 1 atom stereocenters. The van der Waals surface area contributed by atoms with E-state index in [9.17, 15) is 18.0 Å². The summed E-state index contributed by atoms with van der Waals surface area (Å²) >= 11 is 0. The Morgan fingerprint density at radius 2 is 1.91 bits per heavy atom. The molecule has 3 aromatic rings. The van der Waals surface area contributed by atoms with E-state index in [4.69, 9.17) is 21.4 Å². The Hall–Kier alpha value is -3.87. The molecule has 1 unspecified atom stereocenters. The van der Waals surface area contributed by atoms with Crippen LogP contribution in [0.25, 0.3) is 11.3 Å². The first-order valence-electron chi connectivity index (χ1n) is 9.85. The van der Waals surface area contributed by atoms with Crippen LogP contribution in [0.2, 0.25) is 0 Å². The molecule has 3 heterocycles. The van der Waals surface area contributed by atoms with Gasteiger partial charge < -0.3 is 21.9 Å². The van der Waals surface area contributed by atoms with Gasteiger partial charge in [-0.1, -0.05) is 30.3 Å². The van der Waals surface area contributed by atoms with Crippen molar-refractivity contribution in [3.8, 4) is 11.3 Å². The van der Waals surface area contributed by atoms with Crippen molar-refractivity contribution in [1.82, 2.24) is 19.6 Å². The lowest BCUT2D eigenvalue weighted by molar-refractivity contribution is -0.192. The molecule has 0 spiro atoms. The largest absolute Gasteiger partial charge is 0.490 e. The van der Waals surface area contributed by atoms with Crippen LogP contribution in [0.4, 0.5) is 19.0 Å². The average Bonchev–Trinajstić information content (AvgIpc) is 3.38. The van der Waals surface area contributed by atoms with Gasteiger partial charge in [0, 0.05) is 24.8 Å². The third-order valence-corrected chi connectivity index (χ3v) is 4.88. The zero-order chi connectivity index (χ0) is 24.2. The number of halogens is 3. The summed E-state index contributed by atoms with van der Waals surface area (Å²) in [6, 6.07) is 10.1. The van der Waals surface area contributed by atoms with Gasteiger partial charge in [0.25, 0.3) is 5.91 Å². The third-order valence-electron chi connectivity index (χ3n) is 4.88. The van der Waals surface area contributed by atoms with Crippen molar-refractivity contribution in [3.63, 3.8) is 0 Å². The number of amides is 1. The fraction of sp³-hybridized carbons (Fsp3) is 0.300. The number of anilines is 1. The minimum Gasteiger partial charge on any atom is -0.475 e. The molecule has 33 heavy (non-hydrogen) atoms. The van der Waals surface area contributed by atoms with Crippen LogP contribution in [0.5, 0.6) is 0 Å². The zero-order valence-electron chi connectivity index (χ0n) is 17.3. The molecule has 0 bridgehead atoms. The van der Waals surface area contributed by atoms with E-state index in [0.717, 1.165) is 24.1 Å². The van der Waals surface area contributed by atoms with Crippen molar-refractivity contribution in [1.29, 1.82) is 0 Å². The van der Waals surface area contributed by atoms with Gasteiger partial charge in [-0.15, -0.1) is 0 Å². The van der Waals surface area contributed by atoms with Gasteiger partial charge in [-0.05, 0) is 12.0 Å². The minimum atomic E-state index is -5.08. The maximum absolute atomic E-state index is 12.1. The second kappa shape index (κ2) is 9.73. The summed E-state index contributed by atoms with van der Waals surface area (Å²) < 4.78 is 35.3. The van der Waals surface area contributed by atoms with Crippen LogP contribution in [0.1, 0.15) is 28.4 Å². The lowest BCUT2D eigenvalue weighted by Gasteiger charge is -2.24. The molecular weight excluding hydrogens is 443 g/mol. The quantitative estimate of drug-likeness (QED) is 0.448. The number of rotatable bonds is 5. The van der Waals surface area contributed by atoms with Gasteiger partial charge in [0.05, 0.1) is 18.8 Å². The molecule has 1 aliphatic heterocycles. The van der Waals surface area contributed by atoms with E-state index in [-0.39, 0.29) is 6.04 Å². The number of fused-ring (bicyclic) bond motifs is 1. The van der Waals surface area contributed by atoms with Crippen molar-refractivity contribution >= 4 is 17.7 Å². The number of alkyl halides is 3. The second-order valence-corrected chi connectivity index (χ2v) is 7.20. The van der Waals surface area contributed by atoms with E-state index in [0.29, 0.717) is 30.2 Å². The lowest BCUT2D eigenvalue weighted by atomic mass is 10.1. The molecule has 0 saturated carbocycles. The predicted molar refractivity (Wildman–Crippen MR) is 112 cm³/mol. The lowest BCUT2D eigenvalue weighted by Crippen LogP contribution is -2.29. The second-order valence-electron chi connectivity index (χ2n) is 7.20. The first-order chi connectivity index (χ1) is 15.6. The highest BCUT2D eigenvalue weighted by atomic mass is 19.4. The van der Waals surface area contributed by atoms with Crippen molar-refractivity contribution in [2.75, 3.05) is 18.4 Å². The molecule has 1 aromatic carbocycles. The standard InChI is InChI=1S/C18H21N7O.C2HF3O2/c19-8-14-6-7-21-18-15(17(20)26)16(23-25(14)18)13-9-22-24(11-13)10-12-4-2-1-3-5-12;3-2(4,5)1(6)7/h1-5,9,11,14,21H,6-8,10,19H2,(H2,20,26);(H,6,7). The fourth-order valence-corrected chi connectivity index (χ4v) is 3.34. The maximum atomic E-state index is 12.1. The average molecular weight is 465 g/mol. The van der Waals surface area contributed by atoms with Crippen molar-refractivity contribution < 1.29 is 27.9 Å². The SMILES string of the molecule is NCC1CCNc2c(C(N)=O)c(-c3cnn(Cc4ccccc4)c3)nn21.O=C(O)C(F)(F)F. The molecule has 1 amide bonds. The van der Waals surface area contributed by atoms with E-state index < -0.39 is 18.1 Å². The topological polar surface area (TPSA) is 154 Å². The number of carboxylic acids is 1. The molecule has 6 N–H and O–H groups in total. The number of benzene rings is 1. The van der Waals surface area contributed by atoms with Gasteiger partial charge in [-0.3, -0.25) is 9.48 Å². The molecule has 0 aliphatic carbocycles. The Labute approximate surface area is 186 Å². The number of nitrogens with zero attached hydrogens (tertiary/aromatic N) is 4. The van der Waals surface area contributed by atoms with Crippen LogP contribution in [-0.4, -0.2) is 55.8 Å². The van der Waals surface area contributed by atoms with Gasteiger partial charge in [0.2, 0.25) is 0 Å². The van der Waals surface area contributed by atoms with Gasteiger partial charge in [-0.25, -0.2) is 9.48 Å². The van der Waals surface area contributed by atoms with Crippen LogP contribution >= 0.6 is 0 Å². The number of hydrogen-bond donors (Lipinski definition) is 4. The zero-order valence-corrected chi connectivity index (χ0v) is 17.3. The van der Waals surface area contributed by atoms with Gasteiger partial charge in [-0.2, -0.15) is 23.4 Å². The van der Waals surface area contributed by atoms with E-state index in [2.05, 4.69) is 15.5 Å². The highest BCUT2D eigenvalue weighted by Gasteiger charge is 2.38. The first kappa shape index (κ1) is 23.8. The van der Waals surface area contributed by atoms with Crippen LogP contribution in [0.3, 0.4) is 0 Å². The fourth-order valence-electron chi connectivity index (χ4n) is 3.34. The van der Waals surface area contributed by atoms with Gasteiger partial charge in [0.15, 0.2) is 0 Å². The molecule has 1 aliphatic rings. The molecule has 4 rings (SSSR count). The summed E-state index contributed by atoms with van der Waals surface area (Å²) in [5, 5.41) is 19.4. The van der Waals surface area contributed by atoms with E-state index in [1.807, 2.05) is 41.2 Å². The number of primary amides is 1. The molecule has 13 heteroatoms. The van der Waals surface area contributed by atoms with Crippen LogP contribution in [0.15, 0.2) is 42.7 Å². The minimum absolute atomic E-state index is 0.0532. The maximum Gasteiger partial charge on any atom is 0.490 e. The van der Waals surface area contributed by atoms with Crippen LogP contribution in [-0.2, 0) is 11.3 Å². The third kappa shape index (κ3) is 5.49. The number of hydrogen-bond acceptors (Lipinski definition) is 6. The Kier molecular flexibility index (Phi) is 7.01. The predicted octanol–water partition coefficient (Wildman–Crippen LogP) is 1.84. The normalized spacial score (nSPS) is 15.1. The van der Waals surface area contributed by atoms with Crippen LogP contribution in [0, 0.1) is 0 Å². The number of aromatic nitrogens is 4.